The summed E-state index contributed by atoms with van der Waals surface area (Å²) in [4.78, 5) is -1.27. The van der Waals surface area contributed by atoms with Crippen LogP contribution >= 0.6 is 0 Å². The SMILES string of the molecule is Nc1cc(O)ccc1N=Nc1ccc(N=Nc2cc3cc(N=Nc4ccccc4)c(S(=O)(=O)O)cc3cc2S(=O)(=O)O)cc1. The number of nitrogens with two attached hydrogens (primary N) is 1. The van der Waals surface area contributed by atoms with Crippen LogP contribution in [-0.4, -0.2) is 31.0 Å². The van der Waals surface area contributed by atoms with Gasteiger partial charge in [-0.25, -0.2) is 0 Å². The fourth-order valence-corrected chi connectivity index (χ4v) is 5.18. The lowest BCUT2D eigenvalue weighted by molar-refractivity contribution is 0.475. The largest absolute Gasteiger partial charge is 0.508 e. The Hall–Kier alpha value is -5.42. The van der Waals surface area contributed by atoms with Crippen molar-refractivity contribution in [2.75, 3.05) is 5.73 Å². The number of phenolic OH excluding ortho intramolecular Hbond substituents is 1. The Morgan fingerprint density at radius 1 is 0.500 bits per heavy atom. The Kier molecular flexibility index (Phi) is 8.23. The van der Waals surface area contributed by atoms with E-state index in [1.807, 2.05) is 0 Å². The minimum absolute atomic E-state index is 0.00315. The molecule has 0 aliphatic heterocycles. The van der Waals surface area contributed by atoms with Crippen molar-refractivity contribution in [2.45, 2.75) is 9.79 Å². The number of nitrogens with zero attached hydrogens (tertiary/aromatic N) is 6. The number of fused-ring (bicyclic) bond motifs is 1. The van der Waals surface area contributed by atoms with Crippen molar-refractivity contribution in [2.24, 2.45) is 30.7 Å². The van der Waals surface area contributed by atoms with Gasteiger partial charge in [0.1, 0.15) is 32.6 Å². The molecule has 5 rings (SSSR count). The summed E-state index contributed by atoms with van der Waals surface area (Å²) in [5.74, 6) is -0.00315. The van der Waals surface area contributed by atoms with Gasteiger partial charge in [-0.2, -0.15) is 32.2 Å². The van der Waals surface area contributed by atoms with E-state index < -0.39 is 30.0 Å². The summed E-state index contributed by atoms with van der Waals surface area (Å²) in [6.45, 7) is 0. The van der Waals surface area contributed by atoms with E-state index in [1.165, 1.54) is 42.5 Å². The van der Waals surface area contributed by atoms with Crippen LogP contribution in [0.5, 0.6) is 5.75 Å². The van der Waals surface area contributed by atoms with Gasteiger partial charge in [-0.05, 0) is 83.6 Å². The molecule has 5 aromatic carbocycles. The van der Waals surface area contributed by atoms with Gasteiger partial charge in [0, 0.05) is 6.07 Å². The van der Waals surface area contributed by atoms with Crippen LogP contribution in [-0.2, 0) is 20.2 Å². The number of hydrogen-bond acceptors (Lipinski definition) is 12. The minimum atomic E-state index is -4.84. The number of anilines is 1. The van der Waals surface area contributed by atoms with E-state index in [-0.39, 0.29) is 33.6 Å². The lowest BCUT2D eigenvalue weighted by atomic mass is 10.1. The zero-order valence-electron chi connectivity index (χ0n) is 22.3. The molecule has 0 heterocycles. The number of benzene rings is 5. The zero-order chi connectivity index (χ0) is 31.5. The molecule has 0 aliphatic carbocycles. The van der Waals surface area contributed by atoms with E-state index >= 15 is 0 Å². The van der Waals surface area contributed by atoms with Crippen LogP contribution in [0.1, 0.15) is 0 Å². The molecule has 0 unspecified atom stereocenters. The maximum absolute atomic E-state index is 12.2. The zero-order valence-corrected chi connectivity index (χ0v) is 23.9. The highest BCUT2D eigenvalue weighted by Crippen LogP contribution is 2.37. The number of phenols is 1. The highest BCUT2D eigenvalue weighted by Gasteiger charge is 2.21. The molecule has 0 spiro atoms. The monoisotopic (exact) mass is 631 g/mol. The molecule has 14 nitrogen and oxygen atoms in total. The number of aromatic hydroxyl groups is 1. The summed E-state index contributed by atoms with van der Waals surface area (Å²) in [6, 6.07) is 23.5. The molecule has 16 heteroatoms. The molecule has 0 aromatic heterocycles. The number of rotatable bonds is 8. The van der Waals surface area contributed by atoms with E-state index in [4.69, 9.17) is 5.73 Å². The Morgan fingerprint density at radius 2 is 0.932 bits per heavy atom. The molecule has 0 radical (unpaired) electrons. The topological polar surface area (TPSA) is 229 Å². The van der Waals surface area contributed by atoms with Gasteiger partial charge in [0.15, 0.2) is 0 Å². The standard InChI is InChI=1S/C28H21N7O7S2/c29-23-16-22(36)10-11-24(23)33-31-20-6-8-21(9-7-20)32-35-26-13-17-12-25(34-30-19-4-2-1-3-5-19)27(43(37,38)39)14-18(17)15-28(26)44(40,41)42/h1-16,36H,29H2,(H,37,38,39)(H,40,41,42). The van der Waals surface area contributed by atoms with Crippen molar-refractivity contribution in [3.05, 3.63) is 97.1 Å². The predicted molar refractivity (Wildman–Crippen MR) is 162 cm³/mol. The highest BCUT2D eigenvalue weighted by molar-refractivity contribution is 7.86. The molecule has 0 saturated carbocycles. The summed E-state index contributed by atoms with van der Waals surface area (Å²) in [7, 11) is -9.64. The average Bonchev–Trinajstić information content (AvgIpc) is 2.97. The Labute approximate surface area is 250 Å². The molecular weight excluding hydrogens is 610 g/mol. The molecule has 0 saturated heterocycles. The lowest BCUT2D eigenvalue weighted by Crippen LogP contribution is -2.01. The van der Waals surface area contributed by atoms with Gasteiger partial charge < -0.3 is 10.8 Å². The Balaban J connectivity index is 1.50. The van der Waals surface area contributed by atoms with Gasteiger partial charge >= 0.3 is 0 Å². The van der Waals surface area contributed by atoms with E-state index in [9.17, 15) is 31.0 Å². The molecule has 222 valence electrons. The van der Waals surface area contributed by atoms with Crippen molar-refractivity contribution < 1.29 is 31.0 Å². The highest BCUT2D eigenvalue weighted by atomic mass is 32.2. The quantitative estimate of drug-likeness (QED) is 0.0745. The molecule has 0 amide bonds. The summed E-state index contributed by atoms with van der Waals surface area (Å²) in [5, 5.41) is 33.9. The number of azo groups is 3. The van der Waals surface area contributed by atoms with E-state index in [0.29, 0.717) is 22.7 Å². The maximum atomic E-state index is 12.2. The van der Waals surface area contributed by atoms with Crippen LogP contribution in [0.2, 0.25) is 0 Å². The fraction of sp³-hybridized carbons (Fsp3) is 0. The van der Waals surface area contributed by atoms with E-state index in [0.717, 1.165) is 12.1 Å². The third kappa shape index (κ3) is 7.13. The van der Waals surface area contributed by atoms with Crippen molar-refractivity contribution in [1.29, 1.82) is 0 Å². The minimum Gasteiger partial charge on any atom is -0.508 e. The van der Waals surface area contributed by atoms with E-state index in [2.05, 4.69) is 30.7 Å². The van der Waals surface area contributed by atoms with E-state index in [1.54, 1.807) is 42.5 Å². The Morgan fingerprint density at radius 3 is 1.39 bits per heavy atom. The Bertz CT molecular complexity index is 2190. The fourth-order valence-electron chi connectivity index (χ4n) is 3.90. The van der Waals surface area contributed by atoms with Gasteiger partial charge in [0.05, 0.1) is 22.7 Å². The molecule has 44 heavy (non-hydrogen) atoms. The smallest absolute Gasteiger partial charge is 0.296 e. The first-order valence-electron chi connectivity index (χ1n) is 12.4. The molecule has 0 fully saturated rings. The summed E-state index contributed by atoms with van der Waals surface area (Å²) >= 11 is 0. The first-order chi connectivity index (χ1) is 20.9. The van der Waals surface area contributed by atoms with Crippen LogP contribution in [0, 0.1) is 0 Å². The first kappa shape index (κ1) is 30.1. The van der Waals surface area contributed by atoms with Crippen molar-refractivity contribution in [1.82, 2.24) is 0 Å². The third-order valence-electron chi connectivity index (χ3n) is 5.99. The second kappa shape index (κ2) is 12.1. The average molecular weight is 632 g/mol. The summed E-state index contributed by atoms with van der Waals surface area (Å²) < 4.78 is 68.3. The molecule has 0 aliphatic rings. The van der Waals surface area contributed by atoms with Crippen LogP contribution in [0.3, 0.4) is 0 Å². The second-order valence-corrected chi connectivity index (χ2v) is 11.9. The second-order valence-electron chi connectivity index (χ2n) is 9.13. The summed E-state index contributed by atoms with van der Waals surface area (Å²) in [6.07, 6.45) is 0. The van der Waals surface area contributed by atoms with Gasteiger partial charge in [-0.3, -0.25) is 9.11 Å². The van der Waals surface area contributed by atoms with Crippen LogP contribution in [0.25, 0.3) is 10.8 Å². The van der Waals surface area contributed by atoms with Gasteiger partial charge in [0.25, 0.3) is 20.2 Å². The predicted octanol–water partition coefficient (Wildman–Crippen LogP) is 7.87. The van der Waals surface area contributed by atoms with Crippen LogP contribution < -0.4 is 5.73 Å². The molecule has 0 bridgehead atoms. The first-order valence-corrected chi connectivity index (χ1v) is 15.3. The number of nitrogen functional groups attached to an aromatic ring is 1. The number of hydrogen-bond donors (Lipinski definition) is 4. The third-order valence-corrected chi connectivity index (χ3v) is 7.75. The molecule has 0 atom stereocenters. The van der Waals surface area contributed by atoms with Gasteiger partial charge in [-0.15, -0.1) is 15.3 Å². The lowest BCUT2D eigenvalue weighted by Gasteiger charge is -2.09. The van der Waals surface area contributed by atoms with Crippen molar-refractivity contribution >= 4 is 70.8 Å². The summed E-state index contributed by atoms with van der Waals surface area (Å²) in [5.41, 5.74) is 7.09. The van der Waals surface area contributed by atoms with Crippen LogP contribution in [0.15, 0.2) is 138 Å². The van der Waals surface area contributed by atoms with Gasteiger partial charge in [-0.1, -0.05) is 18.2 Å². The van der Waals surface area contributed by atoms with Gasteiger partial charge in [0.2, 0.25) is 0 Å². The van der Waals surface area contributed by atoms with Crippen molar-refractivity contribution in [3.8, 4) is 5.75 Å². The van der Waals surface area contributed by atoms with Crippen molar-refractivity contribution in [3.63, 3.8) is 0 Å². The normalized spacial score (nSPS) is 12.6. The maximum Gasteiger partial charge on any atom is 0.296 e. The molecule has 5 aromatic rings. The molecule has 5 N–H and O–H groups in total. The molecular formula is C28H21N7O7S2. The van der Waals surface area contributed by atoms with Crippen LogP contribution in [0.4, 0.5) is 39.8 Å².